The van der Waals surface area contributed by atoms with Crippen molar-refractivity contribution in [1.82, 2.24) is 9.62 Å². The first-order valence-electron chi connectivity index (χ1n) is 6.73. The third-order valence-electron chi connectivity index (χ3n) is 3.72. The molecule has 0 spiro atoms. The topological polar surface area (TPSA) is 87.5 Å². The molecule has 0 saturated heterocycles. The minimum Gasteiger partial charge on any atom is -0.323 e. The van der Waals surface area contributed by atoms with E-state index in [1.165, 1.54) is 18.9 Å². The molecule has 20 heavy (non-hydrogen) atoms. The second kappa shape index (κ2) is 6.09. The molecule has 1 fully saturated rings. The molecule has 0 aromatic heterocycles. The van der Waals surface area contributed by atoms with Gasteiger partial charge in [0, 0.05) is 18.6 Å². The van der Waals surface area contributed by atoms with Crippen LogP contribution in [0.3, 0.4) is 0 Å². The van der Waals surface area contributed by atoms with Crippen molar-refractivity contribution in [3.8, 4) is 0 Å². The Morgan fingerprint density at radius 3 is 2.65 bits per heavy atom. The number of nitrogens with two attached hydrogens (primary N) is 1. The van der Waals surface area contributed by atoms with Crippen molar-refractivity contribution in [2.24, 2.45) is 5.84 Å². The molecule has 0 radical (unpaired) electrons. The maximum atomic E-state index is 12.3. The van der Waals surface area contributed by atoms with Crippen LogP contribution in [0.4, 0.5) is 5.69 Å². The summed E-state index contributed by atoms with van der Waals surface area (Å²) in [6, 6.07) is 7.34. The first-order valence-corrected chi connectivity index (χ1v) is 8.21. The van der Waals surface area contributed by atoms with Gasteiger partial charge in [-0.2, -0.15) is 0 Å². The predicted octanol–water partition coefficient (Wildman–Crippen LogP) is 0.733. The molecule has 4 N–H and O–H groups in total. The summed E-state index contributed by atoms with van der Waals surface area (Å²) in [6.45, 7) is 2.40. The van der Waals surface area contributed by atoms with Gasteiger partial charge in [0.05, 0.1) is 5.69 Å². The number of benzene rings is 1. The van der Waals surface area contributed by atoms with Gasteiger partial charge in [-0.1, -0.05) is 12.1 Å². The Kier molecular flexibility index (Phi) is 4.64. The summed E-state index contributed by atoms with van der Waals surface area (Å²) in [5, 5.41) is 0. The van der Waals surface area contributed by atoms with Crippen LogP contribution in [0, 0.1) is 0 Å². The number of hydrazine groups is 1. The largest absolute Gasteiger partial charge is 0.323 e. The average Bonchev–Trinajstić information content (AvgIpc) is 3.28. The summed E-state index contributed by atoms with van der Waals surface area (Å²) < 4.78 is 27.2. The van der Waals surface area contributed by atoms with Gasteiger partial charge in [0.25, 0.3) is 0 Å². The standard InChI is InChI=1S/C13H22N4O2S/c1-10(17(2)11-7-8-11)9-15-20(18,19)13-6-4-3-5-12(13)16-14/h3-6,10-11,15-16H,7-9,14H2,1-2H3. The Labute approximate surface area is 120 Å². The Balaban J connectivity index is 2.03. The minimum absolute atomic E-state index is 0.162. The van der Waals surface area contributed by atoms with E-state index >= 15 is 0 Å². The Morgan fingerprint density at radius 2 is 2.05 bits per heavy atom. The average molecular weight is 298 g/mol. The highest BCUT2D eigenvalue weighted by atomic mass is 32.2. The molecule has 1 aliphatic rings. The molecule has 0 heterocycles. The lowest BCUT2D eigenvalue weighted by atomic mass is 10.3. The smallest absolute Gasteiger partial charge is 0.242 e. The van der Waals surface area contributed by atoms with E-state index in [0.717, 1.165) is 0 Å². The van der Waals surface area contributed by atoms with Crippen molar-refractivity contribution in [2.45, 2.75) is 36.7 Å². The Morgan fingerprint density at radius 1 is 1.40 bits per heavy atom. The molecule has 1 saturated carbocycles. The van der Waals surface area contributed by atoms with Gasteiger partial charge in [-0.05, 0) is 38.9 Å². The molecule has 1 aromatic rings. The molecule has 7 heteroatoms. The third-order valence-corrected chi connectivity index (χ3v) is 5.20. The molecule has 0 aliphatic heterocycles. The van der Waals surface area contributed by atoms with Gasteiger partial charge in [0.1, 0.15) is 4.90 Å². The lowest BCUT2D eigenvalue weighted by molar-refractivity contribution is 0.248. The van der Waals surface area contributed by atoms with E-state index < -0.39 is 10.0 Å². The Hall–Kier alpha value is -1.15. The van der Waals surface area contributed by atoms with Gasteiger partial charge < -0.3 is 5.43 Å². The van der Waals surface area contributed by atoms with Gasteiger partial charge in [-0.25, -0.2) is 13.1 Å². The molecule has 0 bridgehead atoms. The van der Waals surface area contributed by atoms with Crippen LogP contribution in [0.5, 0.6) is 0 Å². The number of rotatable bonds is 7. The van der Waals surface area contributed by atoms with Gasteiger partial charge >= 0.3 is 0 Å². The number of anilines is 1. The fourth-order valence-corrected chi connectivity index (χ4v) is 3.40. The molecular formula is C13H22N4O2S. The minimum atomic E-state index is -3.56. The second-order valence-corrected chi connectivity index (χ2v) is 6.97. The summed E-state index contributed by atoms with van der Waals surface area (Å²) >= 11 is 0. The van der Waals surface area contributed by atoms with E-state index in [1.807, 2.05) is 14.0 Å². The normalized spacial score (nSPS) is 17.2. The second-order valence-electron chi connectivity index (χ2n) is 5.24. The molecular weight excluding hydrogens is 276 g/mol. The van der Waals surface area contributed by atoms with Crippen LogP contribution in [-0.4, -0.2) is 39.0 Å². The van der Waals surface area contributed by atoms with Crippen LogP contribution in [-0.2, 0) is 10.0 Å². The first kappa shape index (κ1) is 15.2. The summed E-state index contributed by atoms with van der Waals surface area (Å²) in [7, 11) is -1.52. The van der Waals surface area contributed by atoms with Crippen LogP contribution in [0.15, 0.2) is 29.2 Å². The number of nitrogens with zero attached hydrogens (tertiary/aromatic N) is 1. The Bertz CT molecular complexity index is 557. The highest BCUT2D eigenvalue weighted by Gasteiger charge is 2.29. The summed E-state index contributed by atoms with van der Waals surface area (Å²) in [6.07, 6.45) is 2.40. The van der Waals surface area contributed by atoms with Crippen molar-refractivity contribution in [2.75, 3.05) is 19.0 Å². The van der Waals surface area contributed by atoms with E-state index in [1.54, 1.807) is 18.2 Å². The molecule has 1 unspecified atom stereocenters. The van der Waals surface area contributed by atoms with Gasteiger partial charge in [0.15, 0.2) is 0 Å². The SMILES string of the molecule is CC(CNS(=O)(=O)c1ccccc1NN)N(C)C1CC1. The van der Waals surface area contributed by atoms with Crippen molar-refractivity contribution < 1.29 is 8.42 Å². The zero-order valence-electron chi connectivity index (χ0n) is 11.8. The van der Waals surface area contributed by atoms with Crippen molar-refractivity contribution in [3.05, 3.63) is 24.3 Å². The van der Waals surface area contributed by atoms with E-state index in [4.69, 9.17) is 5.84 Å². The van der Waals surface area contributed by atoms with Crippen LogP contribution in [0.25, 0.3) is 0 Å². The lowest BCUT2D eigenvalue weighted by Gasteiger charge is -2.24. The fourth-order valence-electron chi connectivity index (χ4n) is 2.11. The molecule has 0 amide bonds. The number of hydrogen-bond acceptors (Lipinski definition) is 5. The van der Waals surface area contributed by atoms with E-state index in [9.17, 15) is 8.42 Å². The van der Waals surface area contributed by atoms with E-state index in [2.05, 4.69) is 15.0 Å². The predicted molar refractivity (Wildman–Crippen MR) is 79.7 cm³/mol. The molecule has 6 nitrogen and oxygen atoms in total. The van der Waals surface area contributed by atoms with Gasteiger partial charge in [-0.15, -0.1) is 0 Å². The fraction of sp³-hybridized carbons (Fsp3) is 0.538. The van der Waals surface area contributed by atoms with Crippen LogP contribution in [0.1, 0.15) is 19.8 Å². The number of sulfonamides is 1. The first-order chi connectivity index (χ1) is 9.45. The van der Waals surface area contributed by atoms with Crippen LogP contribution >= 0.6 is 0 Å². The third kappa shape index (κ3) is 3.49. The molecule has 1 atom stereocenters. The number of hydrogen-bond donors (Lipinski definition) is 3. The number of nitrogen functional groups attached to an aromatic ring is 1. The highest BCUT2D eigenvalue weighted by molar-refractivity contribution is 7.89. The molecule has 2 rings (SSSR count). The van der Waals surface area contributed by atoms with Crippen LogP contribution in [0.2, 0.25) is 0 Å². The van der Waals surface area contributed by atoms with Gasteiger partial charge in [-0.3, -0.25) is 10.7 Å². The molecule has 1 aromatic carbocycles. The highest BCUT2D eigenvalue weighted by Crippen LogP contribution is 2.27. The zero-order valence-corrected chi connectivity index (χ0v) is 12.7. The number of nitrogens with one attached hydrogen (secondary N) is 2. The van der Waals surface area contributed by atoms with E-state index in [0.29, 0.717) is 18.3 Å². The van der Waals surface area contributed by atoms with Crippen molar-refractivity contribution in [3.63, 3.8) is 0 Å². The zero-order chi connectivity index (χ0) is 14.8. The molecule has 1 aliphatic carbocycles. The van der Waals surface area contributed by atoms with Gasteiger partial charge in [0.2, 0.25) is 10.0 Å². The van der Waals surface area contributed by atoms with Crippen LogP contribution < -0.4 is 16.0 Å². The maximum Gasteiger partial charge on any atom is 0.242 e. The summed E-state index contributed by atoms with van der Waals surface area (Å²) in [4.78, 5) is 2.39. The molecule has 112 valence electrons. The summed E-state index contributed by atoms with van der Waals surface area (Å²) in [5.41, 5.74) is 2.80. The quantitative estimate of drug-likeness (QED) is 0.510. The maximum absolute atomic E-state index is 12.3. The number of likely N-dealkylation sites (N-methyl/N-ethyl adjacent to an activating group) is 1. The van der Waals surface area contributed by atoms with Crippen molar-refractivity contribution in [1.29, 1.82) is 0 Å². The van der Waals surface area contributed by atoms with Crippen molar-refractivity contribution >= 4 is 15.7 Å². The lowest BCUT2D eigenvalue weighted by Crippen LogP contribution is -2.41. The van der Waals surface area contributed by atoms with E-state index in [-0.39, 0.29) is 10.9 Å². The monoisotopic (exact) mass is 298 g/mol. The number of para-hydroxylation sites is 1. The summed E-state index contributed by atoms with van der Waals surface area (Å²) in [5.74, 6) is 5.35.